The van der Waals surface area contributed by atoms with Crippen molar-refractivity contribution in [2.24, 2.45) is 0 Å². The Hall–Kier alpha value is -1.42. The van der Waals surface area contributed by atoms with E-state index in [1.165, 1.54) is 0 Å². The van der Waals surface area contributed by atoms with E-state index in [4.69, 9.17) is 0 Å². The van der Waals surface area contributed by atoms with Crippen molar-refractivity contribution in [2.45, 2.75) is 39.7 Å². The van der Waals surface area contributed by atoms with Gasteiger partial charge in [-0.05, 0) is 31.5 Å². The number of pyridine rings is 1. The van der Waals surface area contributed by atoms with Gasteiger partial charge in [0.05, 0.1) is 11.9 Å². The highest BCUT2D eigenvalue weighted by Gasteiger charge is 2.02. The Morgan fingerprint density at radius 2 is 2.18 bits per heavy atom. The third kappa shape index (κ3) is 6.02. The van der Waals surface area contributed by atoms with Crippen molar-refractivity contribution in [2.75, 3.05) is 11.9 Å². The lowest BCUT2D eigenvalue weighted by molar-refractivity contribution is -0.116. The summed E-state index contributed by atoms with van der Waals surface area (Å²) in [5.41, 5.74) is 1.82. The van der Waals surface area contributed by atoms with Gasteiger partial charge >= 0.3 is 0 Å². The molecule has 4 heteroatoms. The van der Waals surface area contributed by atoms with E-state index in [2.05, 4.69) is 29.5 Å². The molecule has 0 aliphatic rings. The van der Waals surface area contributed by atoms with Gasteiger partial charge in [-0.25, -0.2) is 0 Å². The Morgan fingerprint density at radius 1 is 1.41 bits per heavy atom. The van der Waals surface area contributed by atoms with Crippen LogP contribution in [0.4, 0.5) is 5.69 Å². The molecule has 1 heterocycles. The van der Waals surface area contributed by atoms with E-state index in [0.717, 1.165) is 24.2 Å². The van der Waals surface area contributed by atoms with Crippen LogP contribution in [0.15, 0.2) is 18.5 Å². The lowest BCUT2D eigenvalue weighted by Gasteiger charge is -2.08. The molecule has 0 fully saturated rings. The number of hydrogen-bond donors (Lipinski definition) is 2. The number of carbonyl (C=O) groups excluding carboxylic acids is 1. The fourth-order valence-corrected chi connectivity index (χ4v) is 1.49. The summed E-state index contributed by atoms with van der Waals surface area (Å²) in [6.07, 6.45) is 4.82. The summed E-state index contributed by atoms with van der Waals surface area (Å²) in [7, 11) is 0. The Bertz CT molecular complexity index is 363. The smallest absolute Gasteiger partial charge is 0.224 e. The molecule has 0 unspecified atom stereocenters. The SMILES string of the molecule is Cc1cncc(NC(=O)CCCNC(C)C)c1. The highest BCUT2D eigenvalue weighted by molar-refractivity contribution is 5.90. The number of aromatic nitrogens is 1. The second-order valence-electron chi connectivity index (χ2n) is 4.51. The van der Waals surface area contributed by atoms with Gasteiger partial charge in [0.15, 0.2) is 0 Å². The number of rotatable bonds is 6. The lowest BCUT2D eigenvalue weighted by Crippen LogP contribution is -2.24. The molecule has 2 N–H and O–H groups in total. The van der Waals surface area contributed by atoms with Crippen LogP contribution in [0, 0.1) is 6.92 Å². The van der Waals surface area contributed by atoms with Gasteiger partial charge < -0.3 is 10.6 Å². The van der Waals surface area contributed by atoms with Crippen molar-refractivity contribution in [1.29, 1.82) is 0 Å². The Kier molecular flexibility index (Phi) is 5.63. The van der Waals surface area contributed by atoms with Gasteiger partial charge in [-0.3, -0.25) is 9.78 Å². The highest BCUT2D eigenvalue weighted by atomic mass is 16.1. The van der Waals surface area contributed by atoms with Crippen molar-refractivity contribution < 1.29 is 4.79 Å². The number of amides is 1. The van der Waals surface area contributed by atoms with E-state index < -0.39 is 0 Å². The zero-order valence-corrected chi connectivity index (χ0v) is 10.8. The van der Waals surface area contributed by atoms with Crippen LogP contribution >= 0.6 is 0 Å². The number of nitrogens with one attached hydrogen (secondary N) is 2. The topological polar surface area (TPSA) is 54.0 Å². The second kappa shape index (κ2) is 7.01. The van der Waals surface area contributed by atoms with Gasteiger partial charge in [0, 0.05) is 18.7 Å². The van der Waals surface area contributed by atoms with E-state index in [-0.39, 0.29) is 5.91 Å². The molecule has 0 saturated carbocycles. The first kappa shape index (κ1) is 13.6. The molecule has 0 aliphatic heterocycles. The quantitative estimate of drug-likeness (QED) is 0.742. The standard InChI is InChI=1S/C13H21N3O/c1-10(2)15-6-4-5-13(17)16-12-7-11(3)8-14-9-12/h7-10,15H,4-6H2,1-3H3,(H,16,17). The van der Waals surface area contributed by atoms with Crippen LogP contribution in [0.1, 0.15) is 32.3 Å². The molecule has 1 aromatic heterocycles. The fourth-order valence-electron chi connectivity index (χ4n) is 1.49. The molecule has 1 amide bonds. The summed E-state index contributed by atoms with van der Waals surface area (Å²) in [5, 5.41) is 6.12. The minimum absolute atomic E-state index is 0.0444. The summed E-state index contributed by atoms with van der Waals surface area (Å²) >= 11 is 0. The van der Waals surface area contributed by atoms with Gasteiger partial charge in [0.1, 0.15) is 0 Å². The summed E-state index contributed by atoms with van der Waals surface area (Å²) in [5.74, 6) is 0.0444. The molecule has 0 atom stereocenters. The van der Waals surface area contributed by atoms with Crippen LogP contribution in [-0.2, 0) is 4.79 Å². The minimum atomic E-state index is 0.0444. The van der Waals surface area contributed by atoms with Crippen LogP contribution in [0.5, 0.6) is 0 Å². The zero-order valence-electron chi connectivity index (χ0n) is 10.8. The summed E-state index contributed by atoms with van der Waals surface area (Å²) in [6.45, 7) is 7.02. The average Bonchev–Trinajstić information content (AvgIpc) is 2.24. The summed E-state index contributed by atoms with van der Waals surface area (Å²) in [6, 6.07) is 2.39. The number of carbonyl (C=O) groups is 1. The third-order valence-electron chi connectivity index (χ3n) is 2.29. The Labute approximate surface area is 103 Å². The van der Waals surface area contributed by atoms with Crippen molar-refractivity contribution in [3.05, 3.63) is 24.0 Å². The largest absolute Gasteiger partial charge is 0.325 e. The second-order valence-corrected chi connectivity index (χ2v) is 4.51. The van der Waals surface area contributed by atoms with Crippen LogP contribution in [0.3, 0.4) is 0 Å². The summed E-state index contributed by atoms with van der Waals surface area (Å²) < 4.78 is 0. The zero-order chi connectivity index (χ0) is 12.7. The van der Waals surface area contributed by atoms with Gasteiger partial charge in [0.2, 0.25) is 5.91 Å². The Balaban J connectivity index is 2.25. The van der Waals surface area contributed by atoms with Gasteiger partial charge in [0.25, 0.3) is 0 Å². The van der Waals surface area contributed by atoms with Crippen LogP contribution in [-0.4, -0.2) is 23.5 Å². The number of aryl methyl sites for hydroxylation is 1. The molecule has 1 rings (SSSR count). The molecule has 1 aromatic rings. The molecule has 0 radical (unpaired) electrons. The predicted molar refractivity (Wildman–Crippen MR) is 70.0 cm³/mol. The third-order valence-corrected chi connectivity index (χ3v) is 2.29. The first-order valence-corrected chi connectivity index (χ1v) is 6.03. The molecule has 94 valence electrons. The highest BCUT2D eigenvalue weighted by Crippen LogP contribution is 2.07. The molecule has 17 heavy (non-hydrogen) atoms. The maximum atomic E-state index is 11.6. The molecular weight excluding hydrogens is 214 g/mol. The Morgan fingerprint density at radius 3 is 2.82 bits per heavy atom. The summed E-state index contributed by atoms with van der Waals surface area (Å²) in [4.78, 5) is 15.6. The normalized spacial score (nSPS) is 10.6. The lowest BCUT2D eigenvalue weighted by atomic mass is 10.2. The fraction of sp³-hybridized carbons (Fsp3) is 0.538. The van der Waals surface area contributed by atoms with Gasteiger partial charge in [-0.2, -0.15) is 0 Å². The monoisotopic (exact) mass is 235 g/mol. The van der Waals surface area contributed by atoms with Gasteiger partial charge in [-0.1, -0.05) is 13.8 Å². The van der Waals surface area contributed by atoms with Crippen LogP contribution < -0.4 is 10.6 Å². The molecular formula is C13H21N3O. The maximum absolute atomic E-state index is 11.6. The van der Waals surface area contributed by atoms with E-state index in [1.54, 1.807) is 12.4 Å². The molecule has 0 spiro atoms. The van der Waals surface area contributed by atoms with Crippen molar-refractivity contribution in [1.82, 2.24) is 10.3 Å². The molecule has 0 aliphatic carbocycles. The van der Waals surface area contributed by atoms with Crippen LogP contribution in [0.2, 0.25) is 0 Å². The van der Waals surface area contributed by atoms with E-state index in [1.807, 2.05) is 13.0 Å². The van der Waals surface area contributed by atoms with Crippen molar-refractivity contribution in [3.63, 3.8) is 0 Å². The first-order valence-electron chi connectivity index (χ1n) is 6.03. The van der Waals surface area contributed by atoms with Gasteiger partial charge in [-0.15, -0.1) is 0 Å². The average molecular weight is 235 g/mol. The molecule has 0 aromatic carbocycles. The first-order chi connectivity index (χ1) is 8.08. The maximum Gasteiger partial charge on any atom is 0.224 e. The predicted octanol–water partition coefficient (Wildman–Crippen LogP) is 2.11. The van der Waals surface area contributed by atoms with E-state index in [9.17, 15) is 4.79 Å². The van der Waals surface area contributed by atoms with Crippen molar-refractivity contribution >= 4 is 11.6 Å². The molecule has 0 bridgehead atoms. The molecule has 0 saturated heterocycles. The van der Waals surface area contributed by atoms with Crippen LogP contribution in [0.25, 0.3) is 0 Å². The van der Waals surface area contributed by atoms with E-state index >= 15 is 0 Å². The number of anilines is 1. The molecule has 4 nitrogen and oxygen atoms in total. The minimum Gasteiger partial charge on any atom is -0.325 e. The van der Waals surface area contributed by atoms with Crippen molar-refractivity contribution in [3.8, 4) is 0 Å². The number of nitrogens with zero attached hydrogens (tertiary/aromatic N) is 1. The number of hydrogen-bond acceptors (Lipinski definition) is 3. The van der Waals surface area contributed by atoms with E-state index in [0.29, 0.717) is 12.5 Å².